The number of carbonyl (C=O) groups is 1. The molecule has 0 radical (unpaired) electrons. The summed E-state index contributed by atoms with van der Waals surface area (Å²) in [5, 5.41) is 0.825. The quantitative estimate of drug-likeness (QED) is 0.818. The van der Waals surface area contributed by atoms with Crippen molar-refractivity contribution >= 4 is 28.5 Å². The molecule has 1 unspecified atom stereocenters. The first-order chi connectivity index (χ1) is 9.03. The molecule has 1 saturated heterocycles. The number of hydrogen-bond acceptors (Lipinski definition) is 3. The second-order valence-electron chi connectivity index (χ2n) is 5.81. The predicted molar refractivity (Wildman–Crippen MR) is 80.7 cm³/mol. The molecule has 19 heavy (non-hydrogen) atoms. The van der Waals surface area contributed by atoms with Gasteiger partial charge in [0.05, 0.1) is 0 Å². The summed E-state index contributed by atoms with van der Waals surface area (Å²) >= 11 is 7.52. The molecule has 2 aliphatic heterocycles. The summed E-state index contributed by atoms with van der Waals surface area (Å²) in [7, 11) is 0. The van der Waals surface area contributed by atoms with Crippen LogP contribution in [0.1, 0.15) is 42.6 Å². The molecule has 1 aromatic rings. The van der Waals surface area contributed by atoms with Crippen LogP contribution < -0.4 is 0 Å². The van der Waals surface area contributed by atoms with Crippen LogP contribution >= 0.6 is 23.4 Å². The minimum atomic E-state index is -0.124. The van der Waals surface area contributed by atoms with Gasteiger partial charge in [0, 0.05) is 17.1 Å². The fraction of sp³-hybridized carbons (Fsp3) is 0.533. The Morgan fingerprint density at radius 2 is 2.26 bits per heavy atom. The van der Waals surface area contributed by atoms with Gasteiger partial charge in [-0.1, -0.05) is 43.3 Å². The van der Waals surface area contributed by atoms with Crippen LogP contribution in [0.4, 0.5) is 0 Å². The topological polar surface area (TPSA) is 20.3 Å². The second kappa shape index (κ2) is 4.80. The molecule has 0 aliphatic carbocycles. The van der Waals surface area contributed by atoms with Crippen LogP contribution in [-0.4, -0.2) is 23.1 Å². The number of hydrogen-bond donors (Lipinski definition) is 0. The van der Waals surface area contributed by atoms with Crippen LogP contribution in [0.15, 0.2) is 18.2 Å². The number of likely N-dealkylation sites (tertiary alicyclic amines) is 1. The Morgan fingerprint density at radius 1 is 1.47 bits per heavy atom. The molecule has 0 bridgehead atoms. The van der Waals surface area contributed by atoms with Gasteiger partial charge in [-0.05, 0) is 43.0 Å². The highest BCUT2D eigenvalue weighted by atomic mass is 35.5. The number of nitrogens with zero attached hydrogens (tertiary/aromatic N) is 1. The van der Waals surface area contributed by atoms with Crippen molar-refractivity contribution < 1.29 is 4.79 Å². The Morgan fingerprint density at radius 3 is 3.00 bits per heavy atom. The summed E-state index contributed by atoms with van der Waals surface area (Å²) in [5.41, 5.74) is 1.98. The van der Waals surface area contributed by atoms with Gasteiger partial charge in [-0.2, -0.15) is 0 Å². The Balaban J connectivity index is 2.05. The highest BCUT2D eigenvalue weighted by Gasteiger charge is 2.51. The van der Waals surface area contributed by atoms with E-state index in [2.05, 4.69) is 18.7 Å². The molecule has 102 valence electrons. The van der Waals surface area contributed by atoms with E-state index >= 15 is 0 Å². The van der Waals surface area contributed by atoms with Crippen molar-refractivity contribution in [2.45, 2.75) is 31.6 Å². The zero-order valence-corrected chi connectivity index (χ0v) is 12.9. The number of rotatable bonds is 2. The lowest BCUT2D eigenvalue weighted by Gasteiger charge is -2.35. The lowest BCUT2D eigenvalue weighted by atomic mass is 9.98. The highest BCUT2D eigenvalue weighted by Crippen LogP contribution is 2.55. The minimum absolute atomic E-state index is 0.124. The Kier molecular flexibility index (Phi) is 3.40. The van der Waals surface area contributed by atoms with E-state index in [9.17, 15) is 4.79 Å². The molecule has 1 aromatic carbocycles. The van der Waals surface area contributed by atoms with E-state index in [1.54, 1.807) is 0 Å². The fourth-order valence-corrected chi connectivity index (χ4v) is 4.82. The lowest BCUT2D eigenvalue weighted by Crippen LogP contribution is -2.39. The summed E-state index contributed by atoms with van der Waals surface area (Å²) in [5.74, 6) is 0.613. The number of thioether (sulfide) groups is 1. The predicted octanol–water partition coefficient (Wildman–Crippen LogP) is 4.13. The standard InChI is InChI=1S/C15H18ClNOS/c1-10(2)9-17-7-3-6-15(17)13-5-4-11(16)8-12(13)14(18)19-15/h4-5,8,10H,3,6-7,9H2,1-2H3. The Labute approximate surface area is 123 Å². The number of benzene rings is 1. The second-order valence-corrected chi connectivity index (χ2v) is 7.49. The smallest absolute Gasteiger partial charge is 0.221 e. The maximum Gasteiger partial charge on any atom is 0.221 e. The molecule has 0 amide bonds. The SMILES string of the molecule is CC(C)CN1CCCC12SC(=O)c1cc(Cl)ccc12. The van der Waals surface area contributed by atoms with Crippen molar-refractivity contribution in [3.8, 4) is 0 Å². The van der Waals surface area contributed by atoms with Crippen molar-refractivity contribution in [1.82, 2.24) is 4.90 Å². The van der Waals surface area contributed by atoms with Crippen molar-refractivity contribution in [3.05, 3.63) is 34.3 Å². The molecule has 0 N–H and O–H groups in total. The van der Waals surface area contributed by atoms with Crippen molar-refractivity contribution in [3.63, 3.8) is 0 Å². The fourth-order valence-electron chi connectivity index (χ4n) is 3.24. The first-order valence-electron chi connectivity index (χ1n) is 6.81. The van der Waals surface area contributed by atoms with Crippen LogP contribution in [0.3, 0.4) is 0 Å². The molecule has 1 atom stereocenters. The van der Waals surface area contributed by atoms with Gasteiger partial charge in [0.15, 0.2) is 0 Å². The van der Waals surface area contributed by atoms with E-state index in [1.807, 2.05) is 18.2 Å². The largest absolute Gasteiger partial charge is 0.285 e. The Hall–Kier alpha value is -0.510. The molecule has 2 heterocycles. The molecule has 2 nitrogen and oxygen atoms in total. The van der Waals surface area contributed by atoms with Crippen LogP contribution in [0.5, 0.6) is 0 Å². The molecular formula is C15H18ClNOS. The van der Waals surface area contributed by atoms with E-state index in [0.717, 1.165) is 31.5 Å². The first kappa shape index (κ1) is 13.5. The van der Waals surface area contributed by atoms with E-state index in [4.69, 9.17) is 11.6 Å². The monoisotopic (exact) mass is 295 g/mol. The van der Waals surface area contributed by atoms with Gasteiger partial charge in [0.1, 0.15) is 4.87 Å². The van der Waals surface area contributed by atoms with Crippen molar-refractivity contribution in [2.24, 2.45) is 5.92 Å². The summed E-state index contributed by atoms with van der Waals surface area (Å²) < 4.78 is 0. The molecule has 2 aliphatic rings. The zero-order valence-electron chi connectivity index (χ0n) is 11.3. The molecule has 0 aromatic heterocycles. The number of halogens is 1. The van der Waals surface area contributed by atoms with Gasteiger partial charge >= 0.3 is 0 Å². The molecular weight excluding hydrogens is 278 g/mol. The minimum Gasteiger partial charge on any atom is -0.285 e. The maximum atomic E-state index is 12.3. The van der Waals surface area contributed by atoms with Crippen molar-refractivity contribution in [1.29, 1.82) is 0 Å². The third-order valence-corrected chi connectivity index (χ3v) is 5.58. The zero-order chi connectivity index (χ0) is 13.6. The van der Waals surface area contributed by atoms with Crippen LogP contribution in [-0.2, 0) is 4.87 Å². The third kappa shape index (κ3) is 2.12. The Bertz CT molecular complexity index is 531. The summed E-state index contributed by atoms with van der Waals surface area (Å²) in [6.45, 7) is 6.59. The molecule has 1 spiro atoms. The first-order valence-corrected chi connectivity index (χ1v) is 8.01. The number of carbonyl (C=O) groups excluding carboxylic acids is 1. The summed E-state index contributed by atoms with van der Waals surface area (Å²) in [4.78, 5) is 14.7. The normalized spacial score (nSPS) is 26.6. The van der Waals surface area contributed by atoms with E-state index in [0.29, 0.717) is 10.9 Å². The lowest BCUT2D eigenvalue weighted by molar-refractivity contribution is 0.109. The summed E-state index contributed by atoms with van der Waals surface area (Å²) in [6.07, 6.45) is 2.22. The van der Waals surface area contributed by atoms with Crippen LogP contribution in [0.2, 0.25) is 5.02 Å². The summed E-state index contributed by atoms with van der Waals surface area (Å²) in [6, 6.07) is 5.79. The van der Waals surface area contributed by atoms with E-state index in [-0.39, 0.29) is 9.99 Å². The van der Waals surface area contributed by atoms with Gasteiger partial charge in [0.2, 0.25) is 5.12 Å². The van der Waals surface area contributed by atoms with E-state index in [1.165, 1.54) is 17.3 Å². The molecule has 3 rings (SSSR count). The van der Waals surface area contributed by atoms with Gasteiger partial charge in [-0.3, -0.25) is 9.69 Å². The average molecular weight is 296 g/mol. The van der Waals surface area contributed by atoms with Gasteiger partial charge < -0.3 is 0 Å². The van der Waals surface area contributed by atoms with Gasteiger partial charge in [-0.25, -0.2) is 0 Å². The molecule has 0 saturated carbocycles. The van der Waals surface area contributed by atoms with Crippen molar-refractivity contribution in [2.75, 3.05) is 13.1 Å². The third-order valence-electron chi connectivity index (χ3n) is 3.92. The molecule has 4 heteroatoms. The highest BCUT2D eigenvalue weighted by molar-refractivity contribution is 8.15. The van der Waals surface area contributed by atoms with Crippen LogP contribution in [0, 0.1) is 5.92 Å². The molecule has 1 fully saturated rings. The number of fused-ring (bicyclic) bond motifs is 2. The van der Waals surface area contributed by atoms with Crippen LogP contribution in [0.25, 0.3) is 0 Å². The van der Waals surface area contributed by atoms with E-state index < -0.39 is 0 Å². The average Bonchev–Trinajstić information content (AvgIpc) is 2.83. The van der Waals surface area contributed by atoms with Gasteiger partial charge in [0.25, 0.3) is 0 Å². The maximum absolute atomic E-state index is 12.3. The van der Waals surface area contributed by atoms with Gasteiger partial charge in [-0.15, -0.1) is 0 Å².